The Morgan fingerprint density at radius 3 is 2.34 bits per heavy atom. The molecule has 3 rings (SSSR count). The lowest BCUT2D eigenvalue weighted by molar-refractivity contribution is -0.142. The molecular formula is C22H21NO6. The minimum atomic E-state index is -0.656. The van der Waals surface area contributed by atoms with Crippen LogP contribution in [0.4, 0.5) is 0 Å². The maximum absolute atomic E-state index is 12.4. The number of ketones is 1. The smallest absolute Gasteiger partial charge is 0.308 e. The lowest BCUT2D eigenvalue weighted by Gasteiger charge is -2.13. The summed E-state index contributed by atoms with van der Waals surface area (Å²) in [5.74, 6) is -1.21. The molecule has 2 amide bonds. The fraction of sp³-hybridized carbons (Fsp3) is 0.273. The maximum atomic E-state index is 12.4. The van der Waals surface area contributed by atoms with Crippen LogP contribution in [0.25, 0.3) is 0 Å². The minimum Gasteiger partial charge on any atom is -0.494 e. The van der Waals surface area contributed by atoms with Crippen LogP contribution in [0, 0.1) is 6.92 Å². The molecule has 2 aromatic carbocycles. The Balaban J connectivity index is 1.50. The van der Waals surface area contributed by atoms with Crippen LogP contribution in [0.3, 0.4) is 0 Å². The number of nitrogens with zero attached hydrogens (tertiary/aromatic N) is 1. The number of rotatable bonds is 8. The minimum absolute atomic E-state index is 0.0958. The zero-order valence-electron chi connectivity index (χ0n) is 16.3. The Morgan fingerprint density at radius 2 is 1.66 bits per heavy atom. The van der Waals surface area contributed by atoms with Crippen LogP contribution in [-0.4, -0.2) is 48.2 Å². The van der Waals surface area contributed by atoms with Crippen LogP contribution in [0.15, 0.2) is 42.5 Å². The first-order valence-corrected chi connectivity index (χ1v) is 9.29. The monoisotopic (exact) mass is 395 g/mol. The summed E-state index contributed by atoms with van der Waals surface area (Å²) in [4.78, 5) is 49.9. The van der Waals surface area contributed by atoms with Gasteiger partial charge in [-0.15, -0.1) is 0 Å². The van der Waals surface area contributed by atoms with Gasteiger partial charge >= 0.3 is 5.97 Å². The van der Waals surface area contributed by atoms with Gasteiger partial charge in [-0.05, 0) is 50.2 Å². The van der Waals surface area contributed by atoms with Crippen molar-refractivity contribution in [1.29, 1.82) is 0 Å². The Bertz CT molecular complexity index is 964. The van der Waals surface area contributed by atoms with Gasteiger partial charge in [-0.1, -0.05) is 11.6 Å². The molecule has 0 bridgehead atoms. The Hall–Kier alpha value is -3.48. The van der Waals surface area contributed by atoms with E-state index in [-0.39, 0.29) is 18.7 Å². The molecule has 29 heavy (non-hydrogen) atoms. The van der Waals surface area contributed by atoms with Gasteiger partial charge < -0.3 is 9.47 Å². The first-order valence-electron chi connectivity index (χ1n) is 9.29. The van der Waals surface area contributed by atoms with Crippen molar-refractivity contribution in [3.8, 4) is 5.75 Å². The quantitative estimate of drug-likeness (QED) is 0.388. The van der Waals surface area contributed by atoms with Gasteiger partial charge in [-0.25, -0.2) is 0 Å². The second-order valence-corrected chi connectivity index (χ2v) is 6.60. The molecule has 0 unspecified atom stereocenters. The zero-order valence-corrected chi connectivity index (χ0v) is 16.3. The summed E-state index contributed by atoms with van der Waals surface area (Å²) in [6, 6.07) is 11.6. The van der Waals surface area contributed by atoms with E-state index in [1.54, 1.807) is 42.5 Å². The Morgan fingerprint density at radius 1 is 0.966 bits per heavy atom. The number of benzene rings is 2. The molecule has 7 nitrogen and oxygen atoms in total. The summed E-state index contributed by atoms with van der Waals surface area (Å²) in [5.41, 5.74) is 1.95. The van der Waals surface area contributed by atoms with Gasteiger partial charge in [0, 0.05) is 12.1 Å². The predicted octanol–water partition coefficient (Wildman–Crippen LogP) is 2.81. The number of Topliss-reactive ketones (excluding diaryl/α,β-unsaturated/α-hetero) is 1. The average molecular weight is 395 g/mol. The normalized spacial score (nSPS) is 12.7. The fourth-order valence-corrected chi connectivity index (χ4v) is 3.02. The summed E-state index contributed by atoms with van der Waals surface area (Å²) in [6.07, 6.45) is -0.180. The molecule has 0 aromatic heterocycles. The molecule has 0 saturated heterocycles. The van der Waals surface area contributed by atoms with Crippen molar-refractivity contribution in [2.24, 2.45) is 0 Å². The summed E-state index contributed by atoms with van der Waals surface area (Å²) in [7, 11) is 0. The Labute approximate surface area is 168 Å². The number of aryl methyl sites for hydroxylation is 1. The van der Waals surface area contributed by atoms with E-state index in [0.29, 0.717) is 29.0 Å². The maximum Gasteiger partial charge on any atom is 0.308 e. The highest BCUT2D eigenvalue weighted by molar-refractivity contribution is 6.21. The zero-order chi connectivity index (χ0) is 21.0. The first kappa shape index (κ1) is 20.3. The summed E-state index contributed by atoms with van der Waals surface area (Å²) < 4.78 is 10.3. The van der Waals surface area contributed by atoms with Crippen molar-refractivity contribution in [1.82, 2.24) is 4.90 Å². The van der Waals surface area contributed by atoms with Crippen LogP contribution in [0.5, 0.6) is 5.75 Å². The number of esters is 1. The van der Waals surface area contributed by atoms with E-state index in [2.05, 4.69) is 0 Å². The van der Waals surface area contributed by atoms with E-state index < -0.39 is 24.4 Å². The topological polar surface area (TPSA) is 90.0 Å². The van der Waals surface area contributed by atoms with E-state index >= 15 is 0 Å². The van der Waals surface area contributed by atoms with Crippen molar-refractivity contribution in [3.05, 3.63) is 64.7 Å². The number of ether oxygens (including phenoxy) is 2. The molecule has 1 aliphatic rings. The van der Waals surface area contributed by atoms with E-state index in [1.807, 2.05) is 13.8 Å². The molecule has 7 heteroatoms. The standard InChI is InChI=1S/C22H21NO6/c1-3-28-16-7-5-15(6-8-16)19(24)13-29-20(25)10-11-23-21(26)17-9-4-14(2)12-18(17)22(23)27/h4-9,12H,3,10-11,13H2,1-2H3. The highest BCUT2D eigenvalue weighted by Gasteiger charge is 2.35. The van der Waals surface area contributed by atoms with Crippen molar-refractivity contribution in [2.75, 3.05) is 19.8 Å². The van der Waals surface area contributed by atoms with Crippen LogP contribution in [0.1, 0.15) is 50.0 Å². The molecule has 0 fully saturated rings. The first-order chi connectivity index (χ1) is 13.9. The molecular weight excluding hydrogens is 374 g/mol. The van der Waals surface area contributed by atoms with E-state index in [9.17, 15) is 19.2 Å². The second-order valence-electron chi connectivity index (χ2n) is 6.60. The highest BCUT2D eigenvalue weighted by Crippen LogP contribution is 2.24. The average Bonchev–Trinajstić information content (AvgIpc) is 2.95. The Kier molecular flexibility index (Phi) is 6.07. The van der Waals surface area contributed by atoms with Crippen LogP contribution in [0.2, 0.25) is 0 Å². The predicted molar refractivity (Wildman–Crippen MR) is 104 cm³/mol. The molecule has 0 saturated carbocycles. The number of imide groups is 1. The third-order valence-corrected chi connectivity index (χ3v) is 4.52. The lowest BCUT2D eigenvalue weighted by atomic mass is 10.1. The molecule has 0 atom stereocenters. The van der Waals surface area contributed by atoms with E-state index in [4.69, 9.17) is 9.47 Å². The third-order valence-electron chi connectivity index (χ3n) is 4.52. The fourth-order valence-electron chi connectivity index (χ4n) is 3.02. The van der Waals surface area contributed by atoms with Crippen molar-refractivity contribution < 1.29 is 28.7 Å². The van der Waals surface area contributed by atoms with Gasteiger partial charge in [0.1, 0.15) is 5.75 Å². The number of hydrogen-bond acceptors (Lipinski definition) is 6. The number of hydrogen-bond donors (Lipinski definition) is 0. The second kappa shape index (κ2) is 8.68. The molecule has 0 N–H and O–H groups in total. The highest BCUT2D eigenvalue weighted by atomic mass is 16.5. The van der Waals surface area contributed by atoms with E-state index in [0.717, 1.165) is 10.5 Å². The van der Waals surface area contributed by atoms with Crippen molar-refractivity contribution in [3.63, 3.8) is 0 Å². The summed E-state index contributed by atoms with van der Waals surface area (Å²) in [6.45, 7) is 3.72. The van der Waals surface area contributed by atoms with Gasteiger partial charge in [0.05, 0.1) is 24.2 Å². The van der Waals surface area contributed by atoms with Gasteiger partial charge in [0.25, 0.3) is 11.8 Å². The van der Waals surface area contributed by atoms with Crippen LogP contribution >= 0.6 is 0 Å². The third kappa shape index (κ3) is 4.51. The van der Waals surface area contributed by atoms with Crippen LogP contribution in [-0.2, 0) is 9.53 Å². The van der Waals surface area contributed by atoms with Gasteiger partial charge in [0.15, 0.2) is 12.4 Å². The molecule has 0 spiro atoms. The molecule has 0 radical (unpaired) electrons. The number of fused-ring (bicyclic) bond motifs is 1. The SMILES string of the molecule is CCOc1ccc(C(=O)COC(=O)CCN2C(=O)c3ccc(C)cc3C2=O)cc1. The molecule has 150 valence electrons. The lowest BCUT2D eigenvalue weighted by Crippen LogP contribution is -2.32. The molecule has 0 aliphatic carbocycles. The van der Waals surface area contributed by atoms with Crippen LogP contribution < -0.4 is 4.74 Å². The summed E-state index contributed by atoms with van der Waals surface area (Å²) >= 11 is 0. The largest absolute Gasteiger partial charge is 0.494 e. The molecule has 2 aromatic rings. The van der Waals surface area contributed by atoms with Gasteiger partial charge in [-0.3, -0.25) is 24.1 Å². The molecule has 1 aliphatic heterocycles. The van der Waals surface area contributed by atoms with Crippen molar-refractivity contribution in [2.45, 2.75) is 20.3 Å². The van der Waals surface area contributed by atoms with Crippen molar-refractivity contribution >= 4 is 23.6 Å². The van der Waals surface area contributed by atoms with Gasteiger partial charge in [0.2, 0.25) is 0 Å². The number of amides is 2. The summed E-state index contributed by atoms with van der Waals surface area (Å²) in [5, 5.41) is 0. The molecule has 1 heterocycles. The van der Waals surface area contributed by atoms with Gasteiger partial charge in [-0.2, -0.15) is 0 Å². The number of carbonyl (C=O) groups excluding carboxylic acids is 4. The number of carbonyl (C=O) groups is 4. The van der Waals surface area contributed by atoms with E-state index in [1.165, 1.54) is 0 Å².